The van der Waals surface area contributed by atoms with Crippen LogP contribution in [0.1, 0.15) is 31.9 Å². The third kappa shape index (κ3) is 3.93. The molecule has 0 spiro atoms. The van der Waals surface area contributed by atoms with Crippen molar-refractivity contribution in [2.75, 3.05) is 29.9 Å². The van der Waals surface area contributed by atoms with Crippen LogP contribution in [0.3, 0.4) is 0 Å². The lowest BCUT2D eigenvalue weighted by molar-refractivity contribution is -0.114. The van der Waals surface area contributed by atoms with Crippen LogP contribution in [0.4, 0.5) is 10.3 Å². The molecule has 2 aromatic rings. The number of piperidine rings is 1. The molecule has 1 aliphatic rings. The Morgan fingerprint density at radius 1 is 1.42 bits per heavy atom. The van der Waals surface area contributed by atoms with Crippen molar-refractivity contribution in [2.24, 2.45) is 5.92 Å². The van der Waals surface area contributed by atoms with Gasteiger partial charge in [0.1, 0.15) is 0 Å². The number of rotatable bonds is 5. The first-order valence-corrected chi connectivity index (χ1v) is 9.83. The number of aliphatic hydroxyl groups excluding tert-OH is 1. The number of aryl methyl sites for hydroxylation is 1. The van der Waals surface area contributed by atoms with Gasteiger partial charge in [-0.05, 0) is 32.1 Å². The Morgan fingerprint density at radius 2 is 2.17 bits per heavy atom. The van der Waals surface area contributed by atoms with Crippen molar-refractivity contribution in [1.82, 2.24) is 9.97 Å². The van der Waals surface area contributed by atoms with Gasteiger partial charge in [-0.3, -0.25) is 4.79 Å². The molecule has 1 fully saturated rings. The number of hydrogen-bond donors (Lipinski definition) is 2. The maximum atomic E-state index is 11.2. The normalized spacial score (nSPS) is 15.7. The number of carbonyl (C=O) groups is 1. The molecule has 2 aromatic heterocycles. The van der Waals surface area contributed by atoms with Crippen molar-refractivity contribution in [3.8, 4) is 10.6 Å². The first kappa shape index (κ1) is 17.3. The van der Waals surface area contributed by atoms with Crippen LogP contribution < -0.4 is 10.2 Å². The van der Waals surface area contributed by atoms with E-state index in [-0.39, 0.29) is 12.5 Å². The Hall–Kier alpha value is -1.51. The summed E-state index contributed by atoms with van der Waals surface area (Å²) in [5.41, 5.74) is 1.82. The molecule has 0 radical (unpaired) electrons. The molecule has 3 rings (SSSR count). The smallest absolute Gasteiger partial charge is 0.223 e. The summed E-state index contributed by atoms with van der Waals surface area (Å²) in [4.78, 5) is 23.7. The number of nitrogens with zero attached hydrogens (tertiary/aromatic N) is 3. The molecule has 6 nitrogen and oxygen atoms in total. The second kappa shape index (κ2) is 7.58. The van der Waals surface area contributed by atoms with Gasteiger partial charge in [-0.15, -0.1) is 11.3 Å². The van der Waals surface area contributed by atoms with Crippen molar-refractivity contribution in [2.45, 2.75) is 33.1 Å². The monoisotopic (exact) mass is 366 g/mol. The van der Waals surface area contributed by atoms with Gasteiger partial charge in [-0.25, -0.2) is 9.97 Å². The van der Waals surface area contributed by atoms with Gasteiger partial charge in [-0.2, -0.15) is 0 Å². The van der Waals surface area contributed by atoms with E-state index in [2.05, 4.69) is 20.6 Å². The number of aromatic nitrogens is 2. The lowest BCUT2D eigenvalue weighted by atomic mass is 9.94. The first-order valence-electron chi connectivity index (χ1n) is 8.13. The van der Waals surface area contributed by atoms with E-state index in [1.807, 2.05) is 6.92 Å². The highest BCUT2D eigenvalue weighted by atomic mass is 32.1. The molecule has 0 aromatic carbocycles. The lowest BCUT2D eigenvalue weighted by Crippen LogP contribution is -2.33. The summed E-state index contributed by atoms with van der Waals surface area (Å²) in [5.74, 6) is 0.523. The Balaban J connectivity index is 1.70. The van der Waals surface area contributed by atoms with E-state index in [1.165, 1.54) is 18.3 Å². The fourth-order valence-electron chi connectivity index (χ4n) is 2.95. The van der Waals surface area contributed by atoms with Crippen LogP contribution in [0, 0.1) is 12.8 Å². The summed E-state index contributed by atoms with van der Waals surface area (Å²) < 4.78 is 0. The number of thiazole rings is 2. The van der Waals surface area contributed by atoms with Crippen LogP contribution in [-0.2, 0) is 4.79 Å². The maximum absolute atomic E-state index is 11.2. The molecule has 130 valence electrons. The average molecular weight is 367 g/mol. The zero-order valence-corrected chi connectivity index (χ0v) is 15.5. The van der Waals surface area contributed by atoms with E-state index < -0.39 is 0 Å². The number of nitrogens with one attached hydrogen (secondary N) is 1. The Kier molecular flexibility index (Phi) is 5.47. The van der Waals surface area contributed by atoms with Crippen molar-refractivity contribution in [3.63, 3.8) is 0 Å². The van der Waals surface area contributed by atoms with Crippen LogP contribution in [0.5, 0.6) is 0 Å². The molecule has 1 amide bonds. The summed E-state index contributed by atoms with van der Waals surface area (Å²) in [6.45, 7) is 5.70. The molecule has 2 N–H and O–H groups in total. The predicted octanol–water partition coefficient (Wildman–Crippen LogP) is 3.13. The highest BCUT2D eigenvalue weighted by Crippen LogP contribution is 2.36. The molecule has 0 atom stereocenters. The van der Waals surface area contributed by atoms with Gasteiger partial charge in [0, 0.05) is 32.0 Å². The van der Waals surface area contributed by atoms with Crippen LogP contribution in [0.25, 0.3) is 10.6 Å². The Bertz CT molecular complexity index is 705. The molecular weight excluding hydrogens is 344 g/mol. The summed E-state index contributed by atoms with van der Waals surface area (Å²) in [6.07, 6.45) is 3.13. The highest BCUT2D eigenvalue weighted by molar-refractivity contribution is 7.19. The summed E-state index contributed by atoms with van der Waals surface area (Å²) in [5, 5.41) is 15.5. The molecular formula is C16H22N4O2S2. The van der Waals surface area contributed by atoms with Gasteiger partial charge < -0.3 is 15.3 Å². The predicted molar refractivity (Wildman–Crippen MR) is 98.9 cm³/mol. The molecule has 0 bridgehead atoms. The largest absolute Gasteiger partial charge is 0.396 e. The van der Waals surface area contributed by atoms with Crippen molar-refractivity contribution < 1.29 is 9.90 Å². The fourth-order valence-corrected chi connectivity index (χ4v) is 4.87. The van der Waals surface area contributed by atoms with E-state index in [0.717, 1.165) is 53.7 Å². The van der Waals surface area contributed by atoms with E-state index in [0.29, 0.717) is 11.0 Å². The van der Waals surface area contributed by atoms with Gasteiger partial charge in [0.05, 0.1) is 16.3 Å². The number of carbonyl (C=O) groups excluding carboxylic acids is 1. The average Bonchev–Trinajstić information content (AvgIpc) is 3.14. The molecule has 1 saturated heterocycles. The second-order valence-corrected chi connectivity index (χ2v) is 7.91. The maximum Gasteiger partial charge on any atom is 0.223 e. The first-order chi connectivity index (χ1) is 11.6. The zero-order valence-electron chi connectivity index (χ0n) is 13.9. The van der Waals surface area contributed by atoms with Crippen LogP contribution in [0.2, 0.25) is 0 Å². The molecule has 8 heteroatoms. The Labute approximate surface area is 149 Å². The van der Waals surface area contributed by atoms with Gasteiger partial charge in [0.15, 0.2) is 10.3 Å². The zero-order chi connectivity index (χ0) is 17.1. The second-order valence-electron chi connectivity index (χ2n) is 6.07. The molecule has 24 heavy (non-hydrogen) atoms. The lowest BCUT2D eigenvalue weighted by Gasteiger charge is -2.31. The summed E-state index contributed by atoms with van der Waals surface area (Å²) in [6, 6.07) is 0. The highest BCUT2D eigenvalue weighted by Gasteiger charge is 2.22. The Morgan fingerprint density at radius 3 is 2.83 bits per heavy atom. The minimum atomic E-state index is -0.111. The van der Waals surface area contributed by atoms with Gasteiger partial charge >= 0.3 is 0 Å². The van der Waals surface area contributed by atoms with E-state index in [9.17, 15) is 4.79 Å². The third-order valence-electron chi connectivity index (χ3n) is 4.23. The third-order valence-corrected chi connectivity index (χ3v) is 6.22. The molecule has 0 unspecified atom stereocenters. The van der Waals surface area contributed by atoms with Gasteiger partial charge in [0.2, 0.25) is 5.91 Å². The van der Waals surface area contributed by atoms with Crippen molar-refractivity contribution >= 4 is 38.8 Å². The molecule has 0 aliphatic carbocycles. The van der Waals surface area contributed by atoms with E-state index in [1.54, 1.807) is 11.3 Å². The van der Waals surface area contributed by atoms with Crippen LogP contribution >= 0.6 is 22.7 Å². The van der Waals surface area contributed by atoms with Crippen LogP contribution in [0.15, 0.2) is 5.38 Å². The minimum Gasteiger partial charge on any atom is -0.396 e. The van der Waals surface area contributed by atoms with Crippen molar-refractivity contribution in [3.05, 3.63) is 11.1 Å². The van der Waals surface area contributed by atoms with E-state index in [4.69, 9.17) is 10.1 Å². The van der Waals surface area contributed by atoms with Crippen molar-refractivity contribution in [1.29, 1.82) is 0 Å². The number of anilines is 2. The quantitative estimate of drug-likeness (QED) is 0.850. The standard InChI is InChI=1S/C16H22N4O2S2/c1-10-14(24-15(17-10)18-11(2)22)13-9-23-16(19-13)20-6-3-12(4-7-20)5-8-21/h9,12,21H,3-8H2,1-2H3,(H,17,18,22). The summed E-state index contributed by atoms with van der Waals surface area (Å²) >= 11 is 3.12. The fraction of sp³-hybridized carbons (Fsp3) is 0.562. The van der Waals surface area contributed by atoms with Gasteiger partial charge in [0.25, 0.3) is 0 Å². The van der Waals surface area contributed by atoms with Crippen LogP contribution in [-0.4, -0.2) is 40.7 Å². The number of aliphatic hydroxyl groups is 1. The number of amides is 1. The molecule has 3 heterocycles. The number of hydrogen-bond acceptors (Lipinski definition) is 7. The molecule has 0 saturated carbocycles. The molecule has 1 aliphatic heterocycles. The topological polar surface area (TPSA) is 78.4 Å². The summed E-state index contributed by atoms with van der Waals surface area (Å²) in [7, 11) is 0. The van der Waals surface area contributed by atoms with E-state index >= 15 is 0 Å². The SMILES string of the molecule is CC(=O)Nc1nc(C)c(-c2csc(N3CCC(CCO)CC3)n2)s1. The van der Waals surface area contributed by atoms with Gasteiger partial charge in [-0.1, -0.05) is 11.3 Å². The minimum absolute atomic E-state index is 0.111.